The number of para-hydroxylation sites is 2. The molecule has 0 aliphatic heterocycles. The highest BCUT2D eigenvalue weighted by molar-refractivity contribution is 5.39. The molecule has 1 aromatic carbocycles. The van der Waals surface area contributed by atoms with E-state index in [1.165, 1.54) is 0 Å². The molecule has 0 spiro atoms. The molecule has 0 fully saturated rings. The summed E-state index contributed by atoms with van der Waals surface area (Å²) in [6, 6.07) is 7.36. The summed E-state index contributed by atoms with van der Waals surface area (Å²) in [5.41, 5.74) is 0. The van der Waals surface area contributed by atoms with E-state index in [1.54, 1.807) is 14.0 Å². The maximum Gasteiger partial charge on any atom is 0.161 e. The van der Waals surface area contributed by atoms with Crippen LogP contribution in [0.2, 0.25) is 0 Å². The van der Waals surface area contributed by atoms with Gasteiger partial charge in [0.1, 0.15) is 6.10 Å². The molecule has 0 amide bonds. The highest BCUT2D eigenvalue weighted by Gasteiger charge is 2.06. The number of methoxy groups -OCH3 is 1. The maximum atomic E-state index is 8.79. The van der Waals surface area contributed by atoms with Crippen LogP contribution in [0, 0.1) is 0 Å². The smallest absolute Gasteiger partial charge is 0.161 e. The van der Waals surface area contributed by atoms with Gasteiger partial charge in [0.25, 0.3) is 0 Å². The largest absolute Gasteiger partial charge is 0.493 e. The van der Waals surface area contributed by atoms with Crippen LogP contribution in [-0.4, -0.2) is 24.9 Å². The van der Waals surface area contributed by atoms with Gasteiger partial charge in [-0.1, -0.05) is 12.1 Å². The quantitative estimate of drug-likeness (QED) is 0.766. The summed E-state index contributed by atoms with van der Waals surface area (Å²) in [6.45, 7) is 1.80. The molecule has 0 saturated carbocycles. The van der Waals surface area contributed by atoms with Crippen LogP contribution in [-0.2, 0) is 0 Å². The number of benzene rings is 1. The van der Waals surface area contributed by atoms with Crippen molar-refractivity contribution in [2.45, 2.75) is 13.0 Å². The monoisotopic (exact) mass is 182 g/mol. The van der Waals surface area contributed by atoms with E-state index in [0.717, 1.165) is 0 Å². The van der Waals surface area contributed by atoms with Gasteiger partial charge in [-0.05, 0) is 19.1 Å². The van der Waals surface area contributed by atoms with Gasteiger partial charge >= 0.3 is 0 Å². The Morgan fingerprint density at radius 3 is 2.46 bits per heavy atom. The van der Waals surface area contributed by atoms with Gasteiger partial charge in [-0.15, -0.1) is 0 Å². The Morgan fingerprint density at radius 1 is 1.31 bits per heavy atom. The minimum Gasteiger partial charge on any atom is -0.493 e. The van der Waals surface area contributed by atoms with E-state index >= 15 is 0 Å². The molecule has 1 unspecified atom stereocenters. The molecule has 0 bridgehead atoms. The van der Waals surface area contributed by atoms with Crippen molar-refractivity contribution >= 4 is 0 Å². The second kappa shape index (κ2) is 4.72. The SMILES string of the molecule is COc1ccccc1OC(C)CO. The zero-order chi connectivity index (χ0) is 9.68. The van der Waals surface area contributed by atoms with E-state index in [1.807, 2.05) is 24.3 Å². The minimum atomic E-state index is -0.212. The first-order chi connectivity index (χ1) is 6.27. The summed E-state index contributed by atoms with van der Waals surface area (Å²) in [6.07, 6.45) is -0.212. The molecule has 72 valence electrons. The second-order valence-electron chi connectivity index (χ2n) is 2.76. The molecule has 1 atom stereocenters. The van der Waals surface area contributed by atoms with E-state index in [9.17, 15) is 0 Å². The molecule has 0 aliphatic carbocycles. The lowest BCUT2D eigenvalue weighted by atomic mass is 10.3. The van der Waals surface area contributed by atoms with Crippen molar-refractivity contribution < 1.29 is 14.6 Å². The molecule has 0 aromatic heterocycles. The molecule has 0 heterocycles. The van der Waals surface area contributed by atoms with Crippen LogP contribution in [0.1, 0.15) is 6.92 Å². The topological polar surface area (TPSA) is 38.7 Å². The third-order valence-electron chi connectivity index (χ3n) is 1.65. The number of ether oxygens (including phenoxy) is 2. The molecule has 0 saturated heterocycles. The average molecular weight is 182 g/mol. The van der Waals surface area contributed by atoms with Gasteiger partial charge in [-0.2, -0.15) is 0 Å². The maximum absolute atomic E-state index is 8.79. The molecule has 0 aliphatic rings. The van der Waals surface area contributed by atoms with Crippen molar-refractivity contribution in [3.8, 4) is 11.5 Å². The Morgan fingerprint density at radius 2 is 1.92 bits per heavy atom. The zero-order valence-corrected chi connectivity index (χ0v) is 7.86. The van der Waals surface area contributed by atoms with Gasteiger partial charge in [0.2, 0.25) is 0 Å². The third-order valence-corrected chi connectivity index (χ3v) is 1.65. The van der Waals surface area contributed by atoms with Crippen LogP contribution >= 0.6 is 0 Å². The van der Waals surface area contributed by atoms with E-state index in [2.05, 4.69) is 0 Å². The summed E-state index contributed by atoms with van der Waals surface area (Å²) >= 11 is 0. The number of hydrogen-bond acceptors (Lipinski definition) is 3. The predicted molar refractivity (Wildman–Crippen MR) is 50.2 cm³/mol. The van der Waals surface area contributed by atoms with Crippen LogP contribution in [0.5, 0.6) is 11.5 Å². The van der Waals surface area contributed by atoms with Crippen molar-refractivity contribution in [1.82, 2.24) is 0 Å². The lowest BCUT2D eigenvalue weighted by molar-refractivity contribution is 0.126. The van der Waals surface area contributed by atoms with Crippen molar-refractivity contribution in [3.05, 3.63) is 24.3 Å². The van der Waals surface area contributed by atoms with Crippen molar-refractivity contribution in [2.24, 2.45) is 0 Å². The van der Waals surface area contributed by atoms with Crippen LogP contribution in [0.3, 0.4) is 0 Å². The van der Waals surface area contributed by atoms with Crippen molar-refractivity contribution in [1.29, 1.82) is 0 Å². The molecular weight excluding hydrogens is 168 g/mol. The molecule has 1 N–H and O–H groups in total. The number of hydrogen-bond donors (Lipinski definition) is 1. The van der Waals surface area contributed by atoms with Gasteiger partial charge in [0, 0.05) is 0 Å². The average Bonchev–Trinajstić information content (AvgIpc) is 2.18. The van der Waals surface area contributed by atoms with Gasteiger partial charge < -0.3 is 14.6 Å². The minimum absolute atomic E-state index is 0.00194. The fourth-order valence-corrected chi connectivity index (χ4v) is 0.970. The molecule has 3 nitrogen and oxygen atoms in total. The fourth-order valence-electron chi connectivity index (χ4n) is 0.970. The van der Waals surface area contributed by atoms with E-state index < -0.39 is 0 Å². The lowest BCUT2D eigenvalue weighted by Gasteiger charge is -2.14. The Kier molecular flexibility index (Phi) is 3.58. The number of aliphatic hydroxyl groups excluding tert-OH is 1. The number of aliphatic hydroxyl groups is 1. The van der Waals surface area contributed by atoms with Crippen LogP contribution in [0.15, 0.2) is 24.3 Å². The highest BCUT2D eigenvalue weighted by atomic mass is 16.5. The summed E-state index contributed by atoms with van der Waals surface area (Å²) in [5.74, 6) is 1.34. The first kappa shape index (κ1) is 9.86. The van der Waals surface area contributed by atoms with E-state index in [4.69, 9.17) is 14.6 Å². The normalized spacial score (nSPS) is 12.2. The van der Waals surface area contributed by atoms with E-state index in [-0.39, 0.29) is 12.7 Å². The van der Waals surface area contributed by atoms with E-state index in [0.29, 0.717) is 11.5 Å². The first-order valence-electron chi connectivity index (χ1n) is 4.18. The Labute approximate surface area is 77.9 Å². The molecule has 13 heavy (non-hydrogen) atoms. The molecular formula is C10H14O3. The first-order valence-corrected chi connectivity index (χ1v) is 4.18. The van der Waals surface area contributed by atoms with Crippen molar-refractivity contribution in [3.63, 3.8) is 0 Å². The third kappa shape index (κ3) is 2.63. The standard InChI is InChI=1S/C10H14O3/c1-8(7-11)13-10-6-4-3-5-9(10)12-2/h3-6,8,11H,7H2,1-2H3. The summed E-state index contributed by atoms with van der Waals surface area (Å²) in [7, 11) is 1.59. The Hall–Kier alpha value is -1.22. The van der Waals surface area contributed by atoms with Crippen molar-refractivity contribution in [2.75, 3.05) is 13.7 Å². The molecule has 3 heteroatoms. The summed E-state index contributed by atoms with van der Waals surface area (Å²) in [5, 5.41) is 8.79. The summed E-state index contributed by atoms with van der Waals surface area (Å²) < 4.78 is 10.5. The van der Waals surface area contributed by atoms with Gasteiger partial charge in [0.05, 0.1) is 13.7 Å². The van der Waals surface area contributed by atoms with Crippen LogP contribution < -0.4 is 9.47 Å². The van der Waals surface area contributed by atoms with Crippen LogP contribution in [0.25, 0.3) is 0 Å². The predicted octanol–water partition coefficient (Wildman–Crippen LogP) is 1.45. The van der Waals surface area contributed by atoms with Gasteiger partial charge in [0.15, 0.2) is 11.5 Å². The van der Waals surface area contributed by atoms with Gasteiger partial charge in [-0.25, -0.2) is 0 Å². The number of rotatable bonds is 4. The lowest BCUT2D eigenvalue weighted by Crippen LogP contribution is -2.16. The molecule has 0 radical (unpaired) electrons. The molecule has 1 rings (SSSR count). The zero-order valence-electron chi connectivity index (χ0n) is 7.86. The Balaban J connectivity index is 2.74. The molecule has 1 aromatic rings. The summed E-state index contributed by atoms with van der Waals surface area (Å²) in [4.78, 5) is 0. The fraction of sp³-hybridized carbons (Fsp3) is 0.400. The van der Waals surface area contributed by atoms with Crippen LogP contribution in [0.4, 0.5) is 0 Å². The Bertz CT molecular complexity index is 260. The second-order valence-corrected chi connectivity index (χ2v) is 2.76. The highest BCUT2D eigenvalue weighted by Crippen LogP contribution is 2.26. The van der Waals surface area contributed by atoms with Gasteiger partial charge in [-0.3, -0.25) is 0 Å².